The van der Waals surface area contributed by atoms with Gasteiger partial charge in [-0.05, 0) is 49.2 Å². The molecule has 1 amide bonds. The zero-order valence-electron chi connectivity index (χ0n) is 17.4. The number of ether oxygens (including phenoxy) is 2. The second kappa shape index (κ2) is 7.66. The Morgan fingerprint density at radius 2 is 2.16 bits per heavy atom. The van der Waals surface area contributed by atoms with Crippen LogP contribution in [-0.4, -0.2) is 38.9 Å². The van der Waals surface area contributed by atoms with Gasteiger partial charge in [0.1, 0.15) is 5.75 Å². The van der Waals surface area contributed by atoms with E-state index in [0.717, 1.165) is 52.3 Å². The first-order chi connectivity index (χ1) is 15.0. The molecule has 8 nitrogen and oxygen atoms in total. The highest BCUT2D eigenvalue weighted by Crippen LogP contribution is 2.32. The summed E-state index contributed by atoms with van der Waals surface area (Å²) in [5.74, 6) is 1.05. The quantitative estimate of drug-likeness (QED) is 0.514. The zero-order chi connectivity index (χ0) is 21.5. The molecule has 3 aromatic heterocycles. The second-order valence-electron chi connectivity index (χ2n) is 7.50. The third-order valence-corrected chi connectivity index (χ3v) is 5.92. The molecular weight excluding hydrogens is 414 g/mol. The topological polar surface area (TPSA) is 91.2 Å². The van der Waals surface area contributed by atoms with Gasteiger partial charge in [0.2, 0.25) is 5.88 Å². The number of nitrogens with zero attached hydrogens (tertiary/aromatic N) is 4. The van der Waals surface area contributed by atoms with Crippen LogP contribution >= 0.6 is 11.3 Å². The van der Waals surface area contributed by atoms with Crippen LogP contribution in [0.15, 0.2) is 29.6 Å². The predicted octanol–water partition coefficient (Wildman–Crippen LogP) is 3.66. The molecule has 1 aliphatic heterocycles. The van der Waals surface area contributed by atoms with Crippen molar-refractivity contribution in [2.45, 2.75) is 20.3 Å². The average molecular weight is 436 g/mol. The molecule has 0 spiro atoms. The number of nitrogens with one attached hydrogen (secondary N) is 1. The molecule has 0 radical (unpaired) electrons. The molecule has 0 bridgehead atoms. The number of fused-ring (bicyclic) bond motifs is 2. The van der Waals surface area contributed by atoms with Crippen LogP contribution in [-0.2, 0) is 18.3 Å². The number of rotatable bonds is 5. The van der Waals surface area contributed by atoms with Gasteiger partial charge < -0.3 is 9.47 Å². The maximum Gasteiger partial charge on any atom is 0.264 e. The highest BCUT2D eigenvalue weighted by Gasteiger charge is 2.17. The van der Waals surface area contributed by atoms with Crippen LogP contribution in [0.25, 0.3) is 22.3 Å². The van der Waals surface area contributed by atoms with Gasteiger partial charge in [0.15, 0.2) is 17.4 Å². The summed E-state index contributed by atoms with van der Waals surface area (Å²) in [6, 6.07) is 8.02. The Morgan fingerprint density at radius 1 is 1.29 bits per heavy atom. The Balaban J connectivity index is 1.26. The van der Waals surface area contributed by atoms with Crippen molar-refractivity contribution in [3.05, 3.63) is 46.5 Å². The van der Waals surface area contributed by atoms with E-state index in [1.54, 1.807) is 4.68 Å². The SMILES string of the molecule is Cc1cc(C)c2c(OCC(=O)Nc3nc(-c4ccc5c(c4)CCO5)cs3)nn(C)c2n1. The third kappa shape index (κ3) is 3.72. The summed E-state index contributed by atoms with van der Waals surface area (Å²) in [5, 5.41) is 10.4. The van der Waals surface area contributed by atoms with Crippen LogP contribution in [0.1, 0.15) is 16.8 Å². The molecule has 158 valence electrons. The lowest BCUT2D eigenvalue weighted by atomic mass is 10.1. The van der Waals surface area contributed by atoms with Gasteiger partial charge in [0.25, 0.3) is 5.91 Å². The Morgan fingerprint density at radius 3 is 3.03 bits per heavy atom. The maximum atomic E-state index is 12.4. The molecule has 1 aliphatic rings. The molecule has 5 rings (SSSR count). The van der Waals surface area contributed by atoms with E-state index in [1.165, 1.54) is 16.9 Å². The number of hydrogen-bond donors (Lipinski definition) is 1. The fourth-order valence-electron chi connectivity index (χ4n) is 3.75. The maximum absolute atomic E-state index is 12.4. The highest BCUT2D eigenvalue weighted by molar-refractivity contribution is 7.14. The minimum Gasteiger partial charge on any atom is -0.493 e. The lowest BCUT2D eigenvalue weighted by Gasteiger charge is -2.05. The molecule has 0 unspecified atom stereocenters. The van der Waals surface area contributed by atoms with Gasteiger partial charge in [-0.15, -0.1) is 16.4 Å². The largest absolute Gasteiger partial charge is 0.493 e. The van der Waals surface area contributed by atoms with Gasteiger partial charge >= 0.3 is 0 Å². The standard InChI is InChI=1S/C22H21N5O3S/c1-12-8-13(2)23-20-19(12)21(26-27(20)3)30-10-18(28)25-22-24-16(11-31-22)14-4-5-17-15(9-14)6-7-29-17/h4-5,8-9,11H,6-7,10H2,1-3H3,(H,24,25,28). The molecule has 4 heterocycles. The fourth-order valence-corrected chi connectivity index (χ4v) is 4.48. The molecule has 31 heavy (non-hydrogen) atoms. The summed E-state index contributed by atoms with van der Waals surface area (Å²) in [4.78, 5) is 21.5. The Hall–Kier alpha value is -3.46. The van der Waals surface area contributed by atoms with Crippen molar-refractivity contribution >= 4 is 33.4 Å². The van der Waals surface area contributed by atoms with Crippen LogP contribution in [0, 0.1) is 13.8 Å². The molecule has 1 aromatic carbocycles. The minimum atomic E-state index is -0.292. The first-order valence-corrected chi connectivity index (χ1v) is 10.8. The summed E-state index contributed by atoms with van der Waals surface area (Å²) in [6.45, 7) is 4.47. The Labute approximate surface area is 182 Å². The van der Waals surface area contributed by atoms with Crippen molar-refractivity contribution in [3.8, 4) is 22.9 Å². The van der Waals surface area contributed by atoms with E-state index in [2.05, 4.69) is 26.4 Å². The summed E-state index contributed by atoms with van der Waals surface area (Å²) in [6.07, 6.45) is 0.908. The monoisotopic (exact) mass is 435 g/mol. The van der Waals surface area contributed by atoms with Gasteiger partial charge in [0, 0.05) is 30.1 Å². The molecule has 4 aromatic rings. The number of amides is 1. The molecule has 0 saturated heterocycles. The number of aryl methyl sites for hydroxylation is 3. The van der Waals surface area contributed by atoms with E-state index < -0.39 is 0 Å². The molecule has 1 N–H and O–H groups in total. The van der Waals surface area contributed by atoms with E-state index >= 15 is 0 Å². The first-order valence-electron chi connectivity index (χ1n) is 9.93. The van der Waals surface area contributed by atoms with Crippen molar-refractivity contribution in [3.63, 3.8) is 0 Å². The molecule has 0 atom stereocenters. The molecular formula is C22H21N5O3S. The first kappa shape index (κ1) is 19.5. The smallest absolute Gasteiger partial charge is 0.264 e. The third-order valence-electron chi connectivity index (χ3n) is 5.16. The minimum absolute atomic E-state index is 0.162. The summed E-state index contributed by atoms with van der Waals surface area (Å²) >= 11 is 1.38. The zero-order valence-corrected chi connectivity index (χ0v) is 18.2. The van der Waals surface area contributed by atoms with Crippen molar-refractivity contribution in [2.24, 2.45) is 7.05 Å². The lowest BCUT2D eigenvalue weighted by Crippen LogP contribution is -2.20. The summed E-state index contributed by atoms with van der Waals surface area (Å²) in [5.41, 5.74) is 5.67. The van der Waals surface area contributed by atoms with E-state index in [9.17, 15) is 4.79 Å². The number of aromatic nitrogens is 4. The number of carbonyl (C=O) groups is 1. The lowest BCUT2D eigenvalue weighted by molar-refractivity contribution is -0.118. The van der Waals surface area contributed by atoms with Crippen molar-refractivity contribution in [1.82, 2.24) is 19.7 Å². The van der Waals surface area contributed by atoms with Gasteiger partial charge in [0.05, 0.1) is 17.7 Å². The normalized spacial score (nSPS) is 12.6. The van der Waals surface area contributed by atoms with Gasteiger partial charge in [-0.25, -0.2) is 14.6 Å². The number of anilines is 1. The van der Waals surface area contributed by atoms with Crippen molar-refractivity contribution in [1.29, 1.82) is 0 Å². The number of benzene rings is 1. The van der Waals surface area contributed by atoms with Crippen LogP contribution < -0.4 is 14.8 Å². The van der Waals surface area contributed by atoms with Gasteiger partial charge in [-0.1, -0.05) is 0 Å². The molecule has 9 heteroatoms. The second-order valence-corrected chi connectivity index (χ2v) is 8.36. The highest BCUT2D eigenvalue weighted by atomic mass is 32.1. The van der Waals surface area contributed by atoms with Crippen molar-refractivity contribution < 1.29 is 14.3 Å². The Kier molecular flexibility index (Phi) is 4.82. The number of pyridine rings is 1. The summed E-state index contributed by atoms with van der Waals surface area (Å²) in [7, 11) is 1.81. The van der Waals surface area contributed by atoms with Gasteiger partial charge in [-0.3, -0.25) is 10.1 Å². The molecule has 0 aliphatic carbocycles. The van der Waals surface area contributed by atoms with E-state index in [4.69, 9.17) is 9.47 Å². The predicted molar refractivity (Wildman–Crippen MR) is 119 cm³/mol. The van der Waals surface area contributed by atoms with Crippen LogP contribution in [0.2, 0.25) is 0 Å². The molecule has 0 fully saturated rings. The van der Waals surface area contributed by atoms with Crippen LogP contribution in [0.4, 0.5) is 5.13 Å². The van der Waals surface area contributed by atoms with Crippen molar-refractivity contribution in [2.75, 3.05) is 18.5 Å². The Bertz CT molecular complexity index is 1310. The number of thiazole rings is 1. The fraction of sp³-hybridized carbons (Fsp3) is 0.273. The van der Waals surface area contributed by atoms with E-state index in [0.29, 0.717) is 11.0 Å². The summed E-state index contributed by atoms with van der Waals surface area (Å²) < 4.78 is 12.9. The van der Waals surface area contributed by atoms with Gasteiger partial charge in [-0.2, -0.15) is 0 Å². The number of hydrogen-bond acceptors (Lipinski definition) is 7. The van der Waals surface area contributed by atoms with Crippen LogP contribution in [0.3, 0.4) is 0 Å². The molecule has 0 saturated carbocycles. The van der Waals surface area contributed by atoms with E-state index in [-0.39, 0.29) is 12.5 Å². The van der Waals surface area contributed by atoms with E-state index in [1.807, 2.05) is 44.5 Å². The van der Waals surface area contributed by atoms with Crippen LogP contribution in [0.5, 0.6) is 11.6 Å². The average Bonchev–Trinajstić information content (AvgIpc) is 3.45. The number of carbonyl (C=O) groups excluding carboxylic acids is 1.